The Kier molecular flexibility index (Phi) is 4.62. The van der Waals surface area contributed by atoms with E-state index < -0.39 is 0 Å². The third-order valence-corrected chi connectivity index (χ3v) is 4.58. The third kappa shape index (κ3) is 2.83. The van der Waals surface area contributed by atoms with E-state index in [1.165, 1.54) is 11.3 Å². The fraction of sp³-hybridized carbons (Fsp3) is 0.438. The molecule has 1 aliphatic heterocycles. The Balaban J connectivity index is 2.01. The lowest BCUT2D eigenvalue weighted by Crippen LogP contribution is -2.30. The number of aromatic nitrogens is 2. The zero-order valence-electron chi connectivity index (χ0n) is 12.7. The van der Waals surface area contributed by atoms with Gasteiger partial charge in [0.05, 0.1) is 22.3 Å². The van der Waals surface area contributed by atoms with E-state index in [1.807, 2.05) is 19.1 Å². The van der Waals surface area contributed by atoms with Crippen LogP contribution < -0.4 is 4.74 Å². The van der Waals surface area contributed by atoms with Crippen molar-refractivity contribution in [3.8, 4) is 17.0 Å². The van der Waals surface area contributed by atoms with Crippen LogP contribution in [-0.2, 0) is 13.0 Å². The average Bonchev–Trinajstić information content (AvgIpc) is 2.93. The summed E-state index contributed by atoms with van der Waals surface area (Å²) in [5, 5.41) is 8.67. The molecule has 6 heteroatoms. The molecule has 2 aromatic rings. The topological polar surface area (TPSA) is 41.1 Å². The molecule has 0 radical (unpaired) electrons. The summed E-state index contributed by atoms with van der Waals surface area (Å²) in [6, 6.07) is 3.75. The maximum absolute atomic E-state index is 6.31. The van der Waals surface area contributed by atoms with Crippen molar-refractivity contribution in [1.29, 1.82) is 0 Å². The van der Waals surface area contributed by atoms with Crippen LogP contribution in [0.15, 0.2) is 12.1 Å². The normalized spacial score (nSPS) is 14.9. The molecule has 0 unspecified atom stereocenters. The van der Waals surface area contributed by atoms with Gasteiger partial charge in [-0.2, -0.15) is 5.10 Å². The molecule has 1 aromatic heterocycles. The number of fused-ring (bicyclic) bond motifs is 1. The molecule has 118 valence electrons. The predicted octanol–water partition coefficient (Wildman–Crippen LogP) is 4.16. The van der Waals surface area contributed by atoms with E-state index in [9.17, 15) is 0 Å². The van der Waals surface area contributed by atoms with Gasteiger partial charge >= 0.3 is 0 Å². The van der Waals surface area contributed by atoms with Crippen molar-refractivity contribution in [3.05, 3.63) is 33.4 Å². The largest absolute Gasteiger partial charge is 0.491 e. The monoisotopic (exact) mass is 339 g/mol. The van der Waals surface area contributed by atoms with E-state index in [0.29, 0.717) is 22.4 Å². The highest BCUT2D eigenvalue weighted by Crippen LogP contribution is 2.38. The molecular weight excluding hydrogens is 321 g/mol. The molecule has 3 rings (SSSR count). The van der Waals surface area contributed by atoms with Crippen molar-refractivity contribution in [2.45, 2.75) is 26.8 Å². The minimum Gasteiger partial charge on any atom is -0.491 e. The van der Waals surface area contributed by atoms with E-state index in [0.717, 1.165) is 37.3 Å². The second-order valence-electron chi connectivity index (χ2n) is 5.35. The highest BCUT2D eigenvalue weighted by Gasteiger charge is 2.23. The van der Waals surface area contributed by atoms with Crippen LogP contribution >= 0.6 is 23.2 Å². The molecule has 0 saturated heterocycles. The Hall–Kier alpha value is -1.23. The summed E-state index contributed by atoms with van der Waals surface area (Å²) in [6.45, 7) is 7.62. The molecule has 0 saturated carbocycles. The van der Waals surface area contributed by atoms with E-state index in [4.69, 9.17) is 27.9 Å². The van der Waals surface area contributed by atoms with E-state index in [1.54, 1.807) is 0 Å². The number of hydrogen-bond donors (Lipinski definition) is 1. The number of ether oxygens (including phenoxy) is 1. The van der Waals surface area contributed by atoms with Gasteiger partial charge < -0.3 is 4.74 Å². The number of likely N-dealkylation sites (N-methyl/N-ethyl adjacent to an activating group) is 1. The molecule has 4 nitrogen and oxygen atoms in total. The minimum atomic E-state index is 0.518. The Labute approximate surface area is 140 Å². The van der Waals surface area contributed by atoms with Crippen molar-refractivity contribution in [2.75, 3.05) is 19.7 Å². The minimum absolute atomic E-state index is 0.518. The lowest BCUT2D eigenvalue weighted by atomic mass is 10.0. The van der Waals surface area contributed by atoms with Crippen LogP contribution in [0.3, 0.4) is 0 Å². The van der Waals surface area contributed by atoms with Crippen molar-refractivity contribution < 1.29 is 4.74 Å². The molecule has 1 N–H and O–H groups in total. The number of halogens is 2. The van der Waals surface area contributed by atoms with Crippen LogP contribution in [0.5, 0.6) is 5.75 Å². The Morgan fingerprint density at radius 2 is 2.00 bits per heavy atom. The Morgan fingerprint density at radius 3 is 2.64 bits per heavy atom. The molecule has 2 heterocycles. The second-order valence-corrected chi connectivity index (χ2v) is 6.16. The van der Waals surface area contributed by atoms with Gasteiger partial charge in [-0.3, -0.25) is 10.00 Å². The molecule has 1 aliphatic rings. The first-order chi connectivity index (χ1) is 10.6. The maximum atomic E-state index is 6.31. The average molecular weight is 340 g/mol. The fourth-order valence-corrected chi connectivity index (χ4v) is 3.43. The van der Waals surface area contributed by atoms with Gasteiger partial charge in [0.25, 0.3) is 0 Å². The summed E-state index contributed by atoms with van der Waals surface area (Å²) in [7, 11) is 0. The van der Waals surface area contributed by atoms with Gasteiger partial charge in [-0.1, -0.05) is 30.1 Å². The van der Waals surface area contributed by atoms with Crippen LogP contribution in [0.2, 0.25) is 10.0 Å². The smallest absolute Gasteiger partial charge is 0.156 e. The summed E-state index contributed by atoms with van der Waals surface area (Å²) in [6.07, 6.45) is 0.995. The van der Waals surface area contributed by atoms with Gasteiger partial charge in [0.1, 0.15) is 0 Å². The quantitative estimate of drug-likeness (QED) is 0.909. The Bertz CT molecular complexity index is 661. The van der Waals surface area contributed by atoms with E-state index in [-0.39, 0.29) is 0 Å². The number of rotatable bonds is 4. The summed E-state index contributed by atoms with van der Waals surface area (Å²) < 4.78 is 5.49. The number of aromatic amines is 1. The molecule has 0 atom stereocenters. The molecule has 1 aromatic carbocycles. The number of H-pyrrole nitrogens is 1. The van der Waals surface area contributed by atoms with Crippen molar-refractivity contribution >= 4 is 23.2 Å². The lowest BCUT2D eigenvalue weighted by molar-refractivity contribution is 0.267. The number of nitrogens with one attached hydrogen (secondary N) is 1. The van der Waals surface area contributed by atoms with E-state index >= 15 is 0 Å². The van der Waals surface area contributed by atoms with Crippen LogP contribution in [0.25, 0.3) is 11.3 Å². The van der Waals surface area contributed by atoms with E-state index in [2.05, 4.69) is 22.0 Å². The van der Waals surface area contributed by atoms with Crippen LogP contribution in [0.4, 0.5) is 0 Å². The third-order valence-electron chi connectivity index (χ3n) is 4.02. The molecule has 0 amide bonds. The van der Waals surface area contributed by atoms with Gasteiger partial charge in [-0.15, -0.1) is 0 Å². The van der Waals surface area contributed by atoms with Crippen LogP contribution in [-0.4, -0.2) is 34.8 Å². The standard InChI is InChI=1S/C16H19Cl2N3O/c1-3-21-6-5-14-11(9-21)15(20-19-14)10-7-12(17)16(22-4-2)13(18)8-10/h7-8H,3-6,9H2,1-2H3,(H,19,20). The van der Waals surface area contributed by atoms with Crippen molar-refractivity contribution in [2.24, 2.45) is 0 Å². The highest BCUT2D eigenvalue weighted by molar-refractivity contribution is 6.37. The zero-order chi connectivity index (χ0) is 15.7. The SMILES string of the molecule is CCOc1c(Cl)cc(-c2n[nH]c3c2CN(CC)CC3)cc1Cl. The molecule has 0 bridgehead atoms. The summed E-state index contributed by atoms with van der Waals surface area (Å²) in [5.74, 6) is 0.536. The van der Waals surface area contributed by atoms with Crippen molar-refractivity contribution in [3.63, 3.8) is 0 Å². The van der Waals surface area contributed by atoms with Gasteiger partial charge in [-0.05, 0) is 25.6 Å². The molecule has 0 aliphatic carbocycles. The van der Waals surface area contributed by atoms with Crippen LogP contribution in [0.1, 0.15) is 25.1 Å². The van der Waals surface area contributed by atoms with Gasteiger partial charge in [0.15, 0.2) is 5.75 Å². The molecule has 22 heavy (non-hydrogen) atoms. The molecular formula is C16H19Cl2N3O. The number of hydrogen-bond acceptors (Lipinski definition) is 3. The summed E-state index contributed by atoms with van der Waals surface area (Å²) in [5.41, 5.74) is 4.30. The van der Waals surface area contributed by atoms with Gasteiger partial charge in [0.2, 0.25) is 0 Å². The summed E-state index contributed by atoms with van der Waals surface area (Å²) >= 11 is 12.6. The Morgan fingerprint density at radius 1 is 1.27 bits per heavy atom. The number of nitrogens with zero attached hydrogens (tertiary/aromatic N) is 2. The zero-order valence-corrected chi connectivity index (χ0v) is 14.3. The van der Waals surface area contributed by atoms with Crippen LogP contribution in [0, 0.1) is 0 Å². The fourth-order valence-electron chi connectivity index (χ4n) is 2.84. The molecule has 0 spiro atoms. The summed E-state index contributed by atoms with van der Waals surface area (Å²) in [4.78, 5) is 2.40. The van der Waals surface area contributed by atoms with Gasteiger partial charge in [0, 0.05) is 36.3 Å². The second kappa shape index (κ2) is 6.49. The molecule has 0 fully saturated rings. The predicted molar refractivity (Wildman–Crippen MR) is 89.9 cm³/mol. The van der Waals surface area contributed by atoms with Gasteiger partial charge in [-0.25, -0.2) is 0 Å². The first-order valence-corrected chi connectivity index (χ1v) is 8.30. The first-order valence-electron chi connectivity index (χ1n) is 7.54. The van der Waals surface area contributed by atoms with Crippen molar-refractivity contribution in [1.82, 2.24) is 15.1 Å². The number of benzene rings is 1. The highest BCUT2D eigenvalue weighted by atomic mass is 35.5. The lowest BCUT2D eigenvalue weighted by Gasteiger charge is -2.25. The first kappa shape index (κ1) is 15.7. The maximum Gasteiger partial charge on any atom is 0.156 e.